The van der Waals surface area contributed by atoms with Crippen molar-refractivity contribution in [2.75, 3.05) is 17.8 Å². The molecule has 0 radical (unpaired) electrons. The molecule has 0 saturated heterocycles. The molecule has 0 fully saturated rings. The highest BCUT2D eigenvalue weighted by Gasteiger charge is 2.18. The number of carbonyl (C=O) groups excluding carboxylic acids is 1. The lowest BCUT2D eigenvalue weighted by atomic mass is 10.1. The summed E-state index contributed by atoms with van der Waals surface area (Å²) in [5.74, 6) is 1.72. The summed E-state index contributed by atoms with van der Waals surface area (Å²) >= 11 is 1.48. The average Bonchev–Trinajstić information content (AvgIpc) is 2.67. The van der Waals surface area contributed by atoms with Crippen LogP contribution < -0.4 is 4.72 Å². The Hall–Kier alpha value is -2.08. The lowest BCUT2D eigenvalue weighted by Gasteiger charge is -2.24. The Kier molecular flexibility index (Phi) is 8.77. The maximum Gasteiger partial charge on any atom is 0.274 e. The second kappa shape index (κ2) is 11.1. The Morgan fingerprint density at radius 2 is 1.61 bits per heavy atom. The largest absolute Gasteiger partial charge is 0.337 e. The number of aryl methyl sites for hydroxylation is 1. The number of nitrogens with one attached hydrogen (secondary N) is 1. The minimum Gasteiger partial charge on any atom is -0.337 e. The van der Waals surface area contributed by atoms with Gasteiger partial charge in [0.1, 0.15) is 5.69 Å². The van der Waals surface area contributed by atoms with E-state index in [9.17, 15) is 4.79 Å². The molecule has 152 valence electrons. The van der Waals surface area contributed by atoms with Crippen LogP contribution in [0.3, 0.4) is 0 Å². The summed E-state index contributed by atoms with van der Waals surface area (Å²) < 4.78 is 3.17. The van der Waals surface area contributed by atoms with Crippen LogP contribution in [0.5, 0.6) is 0 Å². The van der Waals surface area contributed by atoms with Crippen molar-refractivity contribution in [1.29, 1.82) is 0 Å². The minimum absolute atomic E-state index is 0.0356. The predicted octanol–water partition coefficient (Wildman–Crippen LogP) is 5.44. The summed E-state index contributed by atoms with van der Waals surface area (Å²) in [5, 5.41) is 0. The molecule has 0 aliphatic carbocycles. The fraction of sp³-hybridized carbons (Fsp3) is 0.500. The topological polar surface area (TPSA) is 58.1 Å². The molecule has 2 rings (SSSR count). The van der Waals surface area contributed by atoms with Gasteiger partial charge in [0.15, 0.2) is 5.82 Å². The van der Waals surface area contributed by atoms with E-state index in [0.717, 1.165) is 30.8 Å². The maximum atomic E-state index is 12.9. The number of hydrogen-bond acceptors (Lipinski definition) is 5. The van der Waals surface area contributed by atoms with Crippen LogP contribution in [0.15, 0.2) is 41.6 Å². The highest BCUT2D eigenvalue weighted by molar-refractivity contribution is 8.00. The van der Waals surface area contributed by atoms with Crippen molar-refractivity contribution in [2.45, 2.75) is 52.4 Å². The molecular formula is C22H32N4OS. The number of amides is 1. The predicted molar refractivity (Wildman–Crippen MR) is 118 cm³/mol. The fourth-order valence-corrected chi connectivity index (χ4v) is 3.11. The molecule has 0 aliphatic rings. The van der Waals surface area contributed by atoms with E-state index in [1.807, 2.05) is 4.90 Å². The van der Waals surface area contributed by atoms with Gasteiger partial charge in [0.05, 0.1) is 12.4 Å². The third kappa shape index (κ3) is 7.50. The number of hydrogen-bond donors (Lipinski definition) is 1. The van der Waals surface area contributed by atoms with Crippen LogP contribution in [0.4, 0.5) is 5.82 Å². The standard InChI is InChI=1S/C22H32N4OS/c1-16(2)10-12-26(13-11-17(3)4)22(27)20-14-24-21(15-23-20)25-28-19-8-6-18(5)7-9-19/h6-9,14-17H,10-13H2,1-5H3,(H,24,25). The van der Waals surface area contributed by atoms with E-state index in [-0.39, 0.29) is 5.91 Å². The second-order valence-corrected chi connectivity index (χ2v) is 8.84. The first-order chi connectivity index (χ1) is 13.3. The minimum atomic E-state index is -0.0356. The van der Waals surface area contributed by atoms with Gasteiger partial charge in [-0.05, 0) is 55.7 Å². The summed E-state index contributed by atoms with van der Waals surface area (Å²) in [6.07, 6.45) is 5.17. The Labute approximate surface area is 173 Å². The molecule has 1 aromatic carbocycles. The van der Waals surface area contributed by atoms with Gasteiger partial charge in [-0.2, -0.15) is 0 Å². The van der Waals surface area contributed by atoms with Crippen molar-refractivity contribution in [1.82, 2.24) is 14.9 Å². The zero-order chi connectivity index (χ0) is 20.5. The molecule has 0 atom stereocenters. The molecule has 5 nitrogen and oxygen atoms in total. The Bertz CT molecular complexity index is 717. The van der Waals surface area contributed by atoms with Crippen molar-refractivity contribution in [3.05, 3.63) is 47.9 Å². The van der Waals surface area contributed by atoms with Gasteiger partial charge in [0.25, 0.3) is 5.91 Å². The molecule has 6 heteroatoms. The molecule has 28 heavy (non-hydrogen) atoms. The summed E-state index contributed by atoms with van der Waals surface area (Å²) in [7, 11) is 0. The molecule has 0 unspecified atom stereocenters. The van der Waals surface area contributed by atoms with Crippen LogP contribution in [-0.4, -0.2) is 33.9 Å². The van der Waals surface area contributed by atoms with Crippen molar-refractivity contribution >= 4 is 23.7 Å². The van der Waals surface area contributed by atoms with Crippen molar-refractivity contribution in [3.8, 4) is 0 Å². The zero-order valence-electron chi connectivity index (χ0n) is 17.6. The van der Waals surface area contributed by atoms with Crippen LogP contribution in [0.2, 0.25) is 0 Å². The van der Waals surface area contributed by atoms with Crippen LogP contribution in [0.1, 0.15) is 56.6 Å². The van der Waals surface area contributed by atoms with Crippen LogP contribution in [0.25, 0.3) is 0 Å². The van der Waals surface area contributed by atoms with Crippen LogP contribution in [-0.2, 0) is 0 Å². The highest BCUT2D eigenvalue weighted by Crippen LogP contribution is 2.20. The van der Waals surface area contributed by atoms with E-state index in [4.69, 9.17) is 0 Å². The molecule has 0 saturated carbocycles. The Morgan fingerprint density at radius 1 is 1.00 bits per heavy atom. The Morgan fingerprint density at radius 3 is 2.11 bits per heavy atom. The van der Waals surface area contributed by atoms with E-state index in [2.05, 4.69) is 73.6 Å². The van der Waals surface area contributed by atoms with Crippen molar-refractivity contribution in [2.24, 2.45) is 11.8 Å². The lowest BCUT2D eigenvalue weighted by Crippen LogP contribution is -2.34. The number of carbonyl (C=O) groups is 1. The average molecular weight is 401 g/mol. The second-order valence-electron chi connectivity index (χ2n) is 7.96. The summed E-state index contributed by atoms with van der Waals surface area (Å²) in [4.78, 5) is 24.6. The Balaban J connectivity index is 1.97. The molecule has 1 heterocycles. The summed E-state index contributed by atoms with van der Waals surface area (Å²) in [6.45, 7) is 12.3. The first kappa shape index (κ1) is 22.2. The third-order valence-electron chi connectivity index (χ3n) is 4.41. The number of anilines is 1. The van der Waals surface area contributed by atoms with E-state index in [1.54, 1.807) is 12.4 Å². The monoisotopic (exact) mass is 400 g/mol. The maximum absolute atomic E-state index is 12.9. The molecule has 0 aliphatic heterocycles. The van der Waals surface area contributed by atoms with Gasteiger partial charge in [-0.1, -0.05) is 45.4 Å². The third-order valence-corrected chi connectivity index (χ3v) is 5.22. The molecule has 1 amide bonds. The molecule has 1 N–H and O–H groups in total. The van der Waals surface area contributed by atoms with Gasteiger partial charge in [0, 0.05) is 18.0 Å². The van der Waals surface area contributed by atoms with Gasteiger partial charge in [-0.15, -0.1) is 0 Å². The first-order valence-electron chi connectivity index (χ1n) is 9.96. The van der Waals surface area contributed by atoms with E-state index >= 15 is 0 Å². The van der Waals surface area contributed by atoms with E-state index < -0.39 is 0 Å². The number of benzene rings is 1. The van der Waals surface area contributed by atoms with Gasteiger partial charge in [0.2, 0.25) is 0 Å². The van der Waals surface area contributed by atoms with Gasteiger partial charge < -0.3 is 9.62 Å². The molecular weight excluding hydrogens is 368 g/mol. The zero-order valence-corrected chi connectivity index (χ0v) is 18.4. The lowest BCUT2D eigenvalue weighted by molar-refractivity contribution is 0.0734. The molecule has 1 aromatic heterocycles. The molecule has 2 aromatic rings. The van der Waals surface area contributed by atoms with Gasteiger partial charge in [-0.3, -0.25) is 4.79 Å². The molecule has 0 spiro atoms. The summed E-state index contributed by atoms with van der Waals surface area (Å²) in [5.41, 5.74) is 1.63. The van der Waals surface area contributed by atoms with Crippen molar-refractivity contribution in [3.63, 3.8) is 0 Å². The van der Waals surface area contributed by atoms with Crippen LogP contribution >= 0.6 is 11.9 Å². The normalized spacial score (nSPS) is 11.1. The number of aromatic nitrogens is 2. The highest BCUT2D eigenvalue weighted by atomic mass is 32.2. The summed E-state index contributed by atoms with van der Waals surface area (Å²) in [6, 6.07) is 8.25. The quantitative estimate of drug-likeness (QED) is 0.538. The molecule has 0 bridgehead atoms. The first-order valence-corrected chi connectivity index (χ1v) is 10.8. The van der Waals surface area contributed by atoms with Crippen LogP contribution in [0, 0.1) is 18.8 Å². The smallest absolute Gasteiger partial charge is 0.274 e. The van der Waals surface area contributed by atoms with E-state index in [0.29, 0.717) is 23.3 Å². The van der Waals surface area contributed by atoms with E-state index in [1.165, 1.54) is 17.5 Å². The van der Waals surface area contributed by atoms with Gasteiger partial charge in [-0.25, -0.2) is 9.97 Å². The number of rotatable bonds is 10. The SMILES string of the molecule is Cc1ccc(SNc2cnc(C(=O)N(CCC(C)C)CCC(C)C)cn2)cc1. The number of nitrogens with zero attached hydrogens (tertiary/aromatic N) is 3. The van der Waals surface area contributed by atoms with Crippen molar-refractivity contribution < 1.29 is 4.79 Å². The fourth-order valence-electron chi connectivity index (χ4n) is 2.51. The van der Waals surface area contributed by atoms with Gasteiger partial charge >= 0.3 is 0 Å².